The Labute approximate surface area is 401 Å². The van der Waals surface area contributed by atoms with Crippen LogP contribution in [0.5, 0.6) is 0 Å². The third kappa shape index (κ3) is 49.2. The highest BCUT2D eigenvalue weighted by molar-refractivity contribution is 7.47. The van der Waals surface area contributed by atoms with E-state index in [0.717, 1.165) is 38.5 Å². The van der Waals surface area contributed by atoms with Gasteiger partial charge in [-0.25, -0.2) is 4.57 Å². The van der Waals surface area contributed by atoms with E-state index in [0.29, 0.717) is 12.8 Å². The lowest BCUT2D eigenvalue weighted by atomic mass is 10.0. The first-order valence-corrected chi connectivity index (χ1v) is 29.5. The van der Waals surface area contributed by atoms with Gasteiger partial charge in [0.15, 0.2) is 0 Å². The number of rotatable bonds is 54. The Morgan fingerprint density at radius 3 is 0.723 bits per heavy atom. The molecule has 0 aromatic rings. The Bertz CT molecular complexity index is 1040. The minimum absolute atomic E-state index is 0.200. The molecule has 11 heteroatoms. The molecule has 0 rings (SSSR count). The number of unbranched alkanes of at least 4 members (excludes halogenated alkanes) is 40. The maximum atomic E-state index is 12.4. The highest BCUT2D eigenvalue weighted by Gasteiger charge is 2.27. The number of aliphatic hydroxyl groups is 2. The van der Waals surface area contributed by atoms with Gasteiger partial charge in [0, 0.05) is 12.8 Å². The number of phosphoric ester groups is 1. The summed E-state index contributed by atoms with van der Waals surface area (Å²) in [6.45, 7) is 2.30. The molecule has 0 bridgehead atoms. The number of ether oxygens (including phenoxy) is 2. The lowest BCUT2D eigenvalue weighted by Crippen LogP contribution is -2.28. The summed E-state index contributed by atoms with van der Waals surface area (Å²) in [7, 11) is -4.64. The zero-order chi connectivity index (χ0) is 47.6. The second-order valence-corrected chi connectivity index (χ2v) is 20.7. The third-order valence-electron chi connectivity index (χ3n) is 12.8. The average molecular weight is 947 g/mol. The molecule has 3 unspecified atom stereocenters. The molecule has 0 fully saturated rings. The number of hydrogen-bond donors (Lipinski definition) is 3. The molecule has 0 aromatic heterocycles. The van der Waals surface area contributed by atoms with Gasteiger partial charge in [-0.3, -0.25) is 18.6 Å². The van der Waals surface area contributed by atoms with Gasteiger partial charge in [-0.1, -0.05) is 271 Å². The number of carbonyl (C=O) groups is 2. The maximum absolute atomic E-state index is 12.4. The molecule has 0 radical (unpaired) electrons. The summed E-state index contributed by atoms with van der Waals surface area (Å²) in [5.74, 6) is -0.997. The van der Waals surface area contributed by atoms with Crippen LogP contribution in [0.4, 0.5) is 0 Å². The first-order valence-electron chi connectivity index (χ1n) is 28.0. The number of esters is 2. The van der Waals surface area contributed by atoms with Crippen molar-refractivity contribution in [2.75, 3.05) is 26.4 Å². The summed E-state index contributed by atoms with van der Waals surface area (Å²) in [5, 5.41) is 19.3. The van der Waals surface area contributed by atoms with Crippen LogP contribution in [-0.4, -0.2) is 65.7 Å². The van der Waals surface area contributed by atoms with Crippen LogP contribution in [0.2, 0.25) is 0 Å². The Morgan fingerprint density at radius 1 is 0.354 bits per heavy atom. The largest absolute Gasteiger partial charge is 0.472 e. The van der Waals surface area contributed by atoms with Crippen molar-refractivity contribution in [3.8, 4) is 0 Å². The second-order valence-electron chi connectivity index (χ2n) is 19.3. The smallest absolute Gasteiger partial charge is 0.457 e. The topological polar surface area (TPSA) is 149 Å². The molecule has 0 saturated carbocycles. The molecule has 0 aliphatic rings. The number of aliphatic hydroxyl groups excluding tert-OH is 2. The van der Waals surface area contributed by atoms with Crippen molar-refractivity contribution in [1.82, 2.24) is 0 Å². The maximum Gasteiger partial charge on any atom is 0.472 e. The minimum atomic E-state index is -4.64. The quantitative estimate of drug-likeness (QED) is 0.0306. The SMILES string of the molecule is CCCCCCCCCCCCCCCCCCCCCCCCCCC(=O)OC(CO)COP(=O)(O)OCC(CO)OC(=O)CCCCCCCCCCCCCCCCCCCC. The predicted molar refractivity (Wildman–Crippen MR) is 270 cm³/mol. The molecular formula is C54H107O10P. The molecule has 0 saturated heterocycles. The van der Waals surface area contributed by atoms with Gasteiger partial charge in [-0.2, -0.15) is 0 Å². The summed E-state index contributed by atoms with van der Waals surface area (Å²) in [5.41, 5.74) is 0. The summed E-state index contributed by atoms with van der Waals surface area (Å²) in [6.07, 6.45) is 52.3. The zero-order valence-corrected chi connectivity index (χ0v) is 43.6. The van der Waals surface area contributed by atoms with Crippen molar-refractivity contribution in [2.45, 2.75) is 309 Å². The first kappa shape index (κ1) is 64.0. The molecule has 3 atom stereocenters. The van der Waals surface area contributed by atoms with Gasteiger partial charge in [-0.05, 0) is 12.8 Å². The average Bonchev–Trinajstić information content (AvgIpc) is 3.30. The van der Waals surface area contributed by atoms with Crippen LogP contribution < -0.4 is 0 Å². The standard InChI is InChI=1S/C54H107O10P/c1-3-5-7-9-11-13-15-17-19-21-23-24-25-26-27-28-30-32-34-36-38-40-42-44-46-54(58)64-52(48-56)50-62-65(59,60)61-49-51(47-55)63-53(57)45-43-41-39-37-35-33-31-29-22-20-18-16-14-12-10-8-6-4-2/h51-52,55-56H,3-50H2,1-2H3,(H,59,60). The normalized spacial score (nSPS) is 13.5. The van der Waals surface area contributed by atoms with E-state index >= 15 is 0 Å². The fourth-order valence-electron chi connectivity index (χ4n) is 8.53. The molecule has 0 amide bonds. The lowest BCUT2D eigenvalue weighted by Gasteiger charge is -2.20. The highest BCUT2D eigenvalue weighted by atomic mass is 31.2. The van der Waals surface area contributed by atoms with Gasteiger partial charge in [-0.15, -0.1) is 0 Å². The van der Waals surface area contributed by atoms with E-state index in [-0.39, 0.29) is 12.8 Å². The van der Waals surface area contributed by atoms with Gasteiger partial charge in [0.05, 0.1) is 26.4 Å². The third-order valence-corrected chi connectivity index (χ3v) is 13.8. The molecule has 10 nitrogen and oxygen atoms in total. The minimum Gasteiger partial charge on any atom is -0.457 e. The van der Waals surface area contributed by atoms with E-state index in [4.69, 9.17) is 18.5 Å². The number of carbonyl (C=O) groups excluding carboxylic acids is 2. The van der Waals surface area contributed by atoms with Crippen LogP contribution >= 0.6 is 7.82 Å². The van der Waals surface area contributed by atoms with Gasteiger partial charge in [0.2, 0.25) is 0 Å². The van der Waals surface area contributed by atoms with E-state index in [1.165, 1.54) is 218 Å². The summed E-state index contributed by atoms with van der Waals surface area (Å²) < 4.78 is 32.8. The van der Waals surface area contributed by atoms with Crippen molar-refractivity contribution in [1.29, 1.82) is 0 Å². The van der Waals surface area contributed by atoms with Gasteiger partial charge in [0.1, 0.15) is 12.2 Å². The summed E-state index contributed by atoms with van der Waals surface area (Å²) in [4.78, 5) is 34.7. The first-order chi connectivity index (χ1) is 31.8. The van der Waals surface area contributed by atoms with Crippen molar-refractivity contribution < 1.29 is 47.8 Å². The molecule has 388 valence electrons. The van der Waals surface area contributed by atoms with E-state index in [9.17, 15) is 29.3 Å². The number of phosphoric acid groups is 1. The van der Waals surface area contributed by atoms with Crippen LogP contribution in [0, 0.1) is 0 Å². The molecule has 0 aliphatic heterocycles. The number of hydrogen-bond acceptors (Lipinski definition) is 9. The van der Waals surface area contributed by atoms with Crippen molar-refractivity contribution >= 4 is 19.8 Å². The molecule has 65 heavy (non-hydrogen) atoms. The van der Waals surface area contributed by atoms with Crippen molar-refractivity contribution in [2.24, 2.45) is 0 Å². The van der Waals surface area contributed by atoms with Crippen LogP contribution in [-0.2, 0) is 32.7 Å². The van der Waals surface area contributed by atoms with Gasteiger partial charge >= 0.3 is 19.8 Å². The Hall–Kier alpha value is -1.03. The Balaban J connectivity index is 3.73. The Kier molecular flexibility index (Phi) is 50.0. The molecule has 0 spiro atoms. The fourth-order valence-corrected chi connectivity index (χ4v) is 9.32. The van der Waals surface area contributed by atoms with E-state index in [1.54, 1.807) is 0 Å². The van der Waals surface area contributed by atoms with E-state index in [1.807, 2.05) is 0 Å². The molecule has 0 aliphatic carbocycles. The predicted octanol–water partition coefficient (Wildman–Crippen LogP) is 16.1. The zero-order valence-electron chi connectivity index (χ0n) is 42.7. The monoisotopic (exact) mass is 947 g/mol. The van der Waals surface area contributed by atoms with Gasteiger partial charge < -0.3 is 24.6 Å². The van der Waals surface area contributed by atoms with Crippen LogP contribution in [0.25, 0.3) is 0 Å². The fraction of sp³-hybridized carbons (Fsp3) is 0.963. The highest BCUT2D eigenvalue weighted by Crippen LogP contribution is 2.43. The second kappa shape index (κ2) is 50.8. The molecular weight excluding hydrogens is 840 g/mol. The molecule has 0 heterocycles. The van der Waals surface area contributed by atoms with E-state index in [2.05, 4.69) is 13.8 Å². The van der Waals surface area contributed by atoms with E-state index < -0.39 is 58.4 Å². The lowest BCUT2D eigenvalue weighted by molar-refractivity contribution is -0.153. The van der Waals surface area contributed by atoms with Crippen LogP contribution in [0.1, 0.15) is 296 Å². The molecule has 0 aromatic carbocycles. The summed E-state index contributed by atoms with van der Waals surface area (Å²) in [6, 6.07) is 0. The van der Waals surface area contributed by atoms with Crippen LogP contribution in [0.15, 0.2) is 0 Å². The van der Waals surface area contributed by atoms with Crippen LogP contribution in [0.3, 0.4) is 0 Å². The molecule has 3 N–H and O–H groups in total. The van der Waals surface area contributed by atoms with Crippen molar-refractivity contribution in [3.05, 3.63) is 0 Å². The van der Waals surface area contributed by atoms with Crippen molar-refractivity contribution in [3.63, 3.8) is 0 Å². The summed E-state index contributed by atoms with van der Waals surface area (Å²) >= 11 is 0. The van der Waals surface area contributed by atoms with Gasteiger partial charge in [0.25, 0.3) is 0 Å². The Morgan fingerprint density at radius 2 is 0.538 bits per heavy atom.